The lowest BCUT2D eigenvalue weighted by molar-refractivity contribution is -0.385. The minimum atomic E-state index is -0.485. The van der Waals surface area contributed by atoms with Crippen molar-refractivity contribution in [2.45, 2.75) is 0 Å². The Kier molecular flexibility index (Phi) is 9.30. The second-order valence-electron chi connectivity index (χ2n) is 12.2. The fraction of sp³-hybridized carbons (Fsp3) is 0. The zero-order valence-corrected chi connectivity index (χ0v) is 29.3. The molecule has 0 N–H and O–H groups in total. The second kappa shape index (κ2) is 14.8. The Hall–Kier alpha value is -7.57. The molecule has 0 aliphatic rings. The highest BCUT2D eigenvalue weighted by Crippen LogP contribution is 2.36. The number of nitro benzene ring substituents is 2. The molecule has 55 heavy (non-hydrogen) atoms. The highest BCUT2D eigenvalue weighted by atomic mass is 35.5. The van der Waals surface area contributed by atoms with E-state index in [0.29, 0.717) is 44.7 Å². The van der Waals surface area contributed by atoms with Crippen LogP contribution in [0.15, 0.2) is 152 Å². The van der Waals surface area contributed by atoms with Crippen LogP contribution in [0.1, 0.15) is 0 Å². The van der Waals surface area contributed by atoms with E-state index in [-0.39, 0.29) is 28.8 Å². The average molecular weight is 741 g/mol. The van der Waals surface area contributed by atoms with Gasteiger partial charge in [0.05, 0.1) is 9.85 Å². The lowest BCUT2D eigenvalue weighted by atomic mass is 9.97. The van der Waals surface area contributed by atoms with Gasteiger partial charge in [-0.3, -0.25) is 20.2 Å². The van der Waals surface area contributed by atoms with Gasteiger partial charge in [-0.2, -0.15) is 0 Å². The van der Waals surface area contributed by atoms with Crippen LogP contribution >= 0.6 is 11.6 Å². The number of aromatic nitrogens is 6. The third kappa shape index (κ3) is 7.38. The van der Waals surface area contributed by atoms with Gasteiger partial charge in [-0.25, -0.2) is 29.9 Å². The Bertz CT molecular complexity index is 2580. The zero-order chi connectivity index (χ0) is 37.9. The quantitative estimate of drug-likeness (QED) is 0.103. The first kappa shape index (κ1) is 34.5. The van der Waals surface area contributed by atoms with Crippen LogP contribution in [0, 0.1) is 20.2 Å². The van der Waals surface area contributed by atoms with E-state index in [0.717, 1.165) is 22.3 Å². The summed E-state index contributed by atoms with van der Waals surface area (Å²) >= 11 is 6.63. The largest absolute Gasteiger partial charge is 0.269 e. The van der Waals surface area contributed by atoms with Crippen molar-refractivity contribution < 1.29 is 9.85 Å². The second-order valence-corrected chi connectivity index (χ2v) is 12.7. The van der Waals surface area contributed by atoms with Crippen molar-refractivity contribution in [1.29, 1.82) is 0 Å². The maximum Gasteiger partial charge on any atom is 0.269 e. The molecule has 0 aliphatic carbocycles. The van der Waals surface area contributed by atoms with Gasteiger partial charge in [0, 0.05) is 62.7 Å². The van der Waals surface area contributed by atoms with Gasteiger partial charge in [-0.15, -0.1) is 0 Å². The van der Waals surface area contributed by atoms with Crippen LogP contribution in [-0.4, -0.2) is 39.8 Å². The monoisotopic (exact) mass is 740 g/mol. The molecule has 0 aliphatic heterocycles. The fourth-order valence-electron chi connectivity index (χ4n) is 5.93. The molecule has 8 rings (SSSR count). The smallest absolute Gasteiger partial charge is 0.258 e. The van der Waals surface area contributed by atoms with E-state index in [1.54, 1.807) is 30.3 Å². The van der Waals surface area contributed by atoms with Crippen molar-refractivity contribution in [3.05, 3.63) is 177 Å². The summed E-state index contributed by atoms with van der Waals surface area (Å²) in [6, 6.07) is 44.2. The van der Waals surface area contributed by atoms with Gasteiger partial charge in [0.15, 0.2) is 34.9 Å². The average Bonchev–Trinajstić information content (AvgIpc) is 3.24. The molecule has 12 nitrogen and oxygen atoms in total. The first-order valence-electron chi connectivity index (χ1n) is 16.8. The molecule has 264 valence electrons. The van der Waals surface area contributed by atoms with Crippen molar-refractivity contribution in [2.24, 2.45) is 0 Å². The summed E-state index contributed by atoms with van der Waals surface area (Å²) in [4.78, 5) is 50.7. The molecular weight excluding hydrogens is 716 g/mol. The number of non-ortho nitro benzene ring substituents is 2. The van der Waals surface area contributed by atoms with Gasteiger partial charge >= 0.3 is 0 Å². The van der Waals surface area contributed by atoms with Crippen LogP contribution in [0.3, 0.4) is 0 Å². The summed E-state index contributed by atoms with van der Waals surface area (Å²) < 4.78 is 0. The van der Waals surface area contributed by atoms with Gasteiger partial charge < -0.3 is 0 Å². The number of benzene rings is 6. The van der Waals surface area contributed by atoms with Crippen LogP contribution < -0.4 is 0 Å². The molecule has 0 unspecified atom stereocenters. The minimum absolute atomic E-state index is 0.0848. The molecule has 0 radical (unpaired) electrons. The minimum Gasteiger partial charge on any atom is -0.258 e. The summed E-state index contributed by atoms with van der Waals surface area (Å²) in [5.41, 5.74) is 5.35. The van der Waals surface area contributed by atoms with Crippen molar-refractivity contribution in [3.8, 4) is 79.5 Å². The molecule has 0 saturated heterocycles. The number of rotatable bonds is 9. The number of hydrogen-bond donors (Lipinski definition) is 0. The normalized spacial score (nSPS) is 10.9. The maximum absolute atomic E-state index is 11.4. The van der Waals surface area contributed by atoms with Gasteiger partial charge in [0.2, 0.25) is 0 Å². The van der Waals surface area contributed by atoms with E-state index < -0.39 is 9.85 Å². The van der Waals surface area contributed by atoms with Crippen LogP contribution in [-0.2, 0) is 0 Å². The Morgan fingerprint density at radius 2 is 0.745 bits per heavy atom. The molecule has 0 amide bonds. The lowest BCUT2D eigenvalue weighted by Gasteiger charge is -2.14. The van der Waals surface area contributed by atoms with Crippen LogP contribution in [0.25, 0.3) is 79.5 Å². The summed E-state index contributed by atoms with van der Waals surface area (Å²) in [5.74, 6) is 2.30. The molecule has 0 spiro atoms. The zero-order valence-electron chi connectivity index (χ0n) is 28.5. The number of hydrogen-bond acceptors (Lipinski definition) is 10. The van der Waals surface area contributed by atoms with E-state index in [1.807, 2.05) is 97.1 Å². The Labute approximate surface area is 318 Å². The van der Waals surface area contributed by atoms with Crippen molar-refractivity contribution in [3.63, 3.8) is 0 Å². The summed E-state index contributed by atoms with van der Waals surface area (Å²) in [5, 5.41) is 23.2. The Morgan fingerprint density at radius 3 is 1.20 bits per heavy atom. The third-order valence-corrected chi connectivity index (χ3v) is 8.90. The molecule has 8 aromatic rings. The predicted octanol–water partition coefficient (Wildman–Crippen LogP) is 10.2. The summed E-state index contributed by atoms with van der Waals surface area (Å²) in [6.07, 6.45) is 0. The highest BCUT2D eigenvalue weighted by molar-refractivity contribution is 6.31. The SMILES string of the molecule is O=[N+]([O-])c1ccc(-c2nc(-c3ccc([N+](=O)[O-])cc3)nc(-c3ccc(Cl)cc3-c3cccc(-c4nc(-c5ccccc5)nc(-c5ccccc5)n4)c3)n2)cc1. The first-order chi connectivity index (χ1) is 26.8. The van der Waals surface area contributed by atoms with E-state index in [4.69, 9.17) is 36.5 Å². The highest BCUT2D eigenvalue weighted by Gasteiger charge is 2.19. The number of halogens is 1. The van der Waals surface area contributed by atoms with Gasteiger partial charge in [-0.1, -0.05) is 90.5 Å². The maximum atomic E-state index is 11.4. The molecule has 0 saturated carbocycles. The van der Waals surface area contributed by atoms with Crippen LogP contribution in [0.2, 0.25) is 5.02 Å². The molecule has 6 aromatic carbocycles. The molecule has 0 fully saturated rings. The van der Waals surface area contributed by atoms with Crippen molar-refractivity contribution in [1.82, 2.24) is 29.9 Å². The summed E-state index contributed by atoms with van der Waals surface area (Å²) in [7, 11) is 0. The van der Waals surface area contributed by atoms with E-state index >= 15 is 0 Å². The fourth-order valence-corrected chi connectivity index (χ4v) is 6.10. The van der Waals surface area contributed by atoms with Gasteiger partial charge in [0.25, 0.3) is 11.4 Å². The Morgan fingerprint density at radius 1 is 0.364 bits per heavy atom. The van der Waals surface area contributed by atoms with E-state index in [2.05, 4.69) is 4.98 Å². The predicted molar refractivity (Wildman–Crippen MR) is 210 cm³/mol. The standard InChI is InChI=1S/C42H25ClN8O4/c43-32-18-23-35(42-48-39(28-14-19-33(20-15-28)50(52)53)45-40(49-42)29-16-21-34(22-17-29)51(54)55)36(25-32)30-12-7-13-31(24-30)41-46-37(26-8-3-1-4-9-26)44-38(47-41)27-10-5-2-6-11-27/h1-25H. The van der Waals surface area contributed by atoms with Gasteiger partial charge in [-0.05, 0) is 59.7 Å². The molecule has 0 bridgehead atoms. The van der Waals surface area contributed by atoms with Crippen LogP contribution in [0.4, 0.5) is 11.4 Å². The third-order valence-electron chi connectivity index (χ3n) is 8.66. The summed E-state index contributed by atoms with van der Waals surface area (Å²) in [6.45, 7) is 0. The molecule has 2 aromatic heterocycles. The van der Waals surface area contributed by atoms with Gasteiger partial charge in [0.1, 0.15) is 0 Å². The molecular formula is C42H25ClN8O4. The topological polar surface area (TPSA) is 164 Å². The first-order valence-corrected chi connectivity index (χ1v) is 17.2. The van der Waals surface area contributed by atoms with E-state index in [1.165, 1.54) is 24.3 Å². The number of nitro groups is 2. The van der Waals surface area contributed by atoms with Crippen molar-refractivity contribution >= 4 is 23.0 Å². The van der Waals surface area contributed by atoms with Crippen molar-refractivity contribution in [2.75, 3.05) is 0 Å². The molecule has 2 heterocycles. The molecule has 0 atom stereocenters. The molecule has 13 heteroatoms. The lowest BCUT2D eigenvalue weighted by Crippen LogP contribution is -2.02. The Balaban J connectivity index is 1.27. The van der Waals surface area contributed by atoms with Crippen LogP contribution in [0.5, 0.6) is 0 Å². The van der Waals surface area contributed by atoms with E-state index in [9.17, 15) is 20.2 Å². The number of nitrogens with zero attached hydrogens (tertiary/aromatic N) is 8.